The first-order valence-corrected chi connectivity index (χ1v) is 9.79. The molecule has 5 nitrogen and oxygen atoms in total. The molecule has 0 bridgehead atoms. The first-order valence-electron chi connectivity index (χ1n) is 7.97. The van der Waals surface area contributed by atoms with Gasteiger partial charge in [0.25, 0.3) is 5.91 Å². The minimum Gasteiger partial charge on any atom is -0.346 e. The monoisotopic (exact) mass is 362 g/mol. The smallest absolute Gasteiger partial charge is 0.253 e. The number of halogens is 1. The van der Waals surface area contributed by atoms with Crippen molar-refractivity contribution >= 4 is 15.7 Å². The Morgan fingerprint density at radius 1 is 1.32 bits per heavy atom. The molecule has 0 saturated carbocycles. The van der Waals surface area contributed by atoms with Crippen LogP contribution in [0.3, 0.4) is 0 Å². The number of amides is 1. The molecule has 1 aliphatic rings. The number of pyridine rings is 1. The summed E-state index contributed by atoms with van der Waals surface area (Å²) in [6, 6.07) is 8.11. The fraction of sp³-hybridized carbons (Fsp3) is 0.333. The van der Waals surface area contributed by atoms with Crippen LogP contribution in [0.25, 0.3) is 0 Å². The molecule has 7 heteroatoms. The molecule has 0 spiro atoms. The summed E-state index contributed by atoms with van der Waals surface area (Å²) >= 11 is 0. The fourth-order valence-electron chi connectivity index (χ4n) is 3.03. The standard InChI is InChI=1S/C18H19FN2O3S/c1-18(6-7-25(23,24)12-18)21-17(22)15-9-13(10-20-11-15)8-14-4-2-3-5-16(14)19/h2-5,9-11H,6-8,12H2,1H3,(H,21,22)/t18-/m0/s1. The maximum atomic E-state index is 13.8. The predicted octanol–water partition coefficient (Wildman–Crippen LogP) is 2.12. The van der Waals surface area contributed by atoms with Crippen molar-refractivity contribution in [2.45, 2.75) is 25.3 Å². The van der Waals surface area contributed by atoms with Crippen LogP contribution < -0.4 is 5.32 Å². The number of nitrogens with one attached hydrogen (secondary N) is 1. The quantitative estimate of drug-likeness (QED) is 0.904. The van der Waals surface area contributed by atoms with Gasteiger partial charge in [-0.25, -0.2) is 12.8 Å². The van der Waals surface area contributed by atoms with Crippen molar-refractivity contribution in [3.8, 4) is 0 Å². The van der Waals surface area contributed by atoms with Crippen molar-refractivity contribution in [3.05, 3.63) is 65.2 Å². The molecule has 1 amide bonds. The Kier molecular flexibility index (Phi) is 4.60. The summed E-state index contributed by atoms with van der Waals surface area (Å²) in [5.41, 5.74) is 0.800. The summed E-state index contributed by atoms with van der Waals surface area (Å²) in [6.07, 6.45) is 3.73. The second kappa shape index (κ2) is 6.55. The molecule has 1 saturated heterocycles. The van der Waals surface area contributed by atoms with Gasteiger partial charge in [0.1, 0.15) is 5.82 Å². The lowest BCUT2D eigenvalue weighted by Crippen LogP contribution is -2.46. The molecule has 1 aliphatic heterocycles. The van der Waals surface area contributed by atoms with E-state index in [0.717, 1.165) is 0 Å². The number of rotatable bonds is 4. The fourth-order valence-corrected chi connectivity index (χ4v) is 5.12. The molecule has 1 aromatic carbocycles. The first kappa shape index (κ1) is 17.5. The third kappa shape index (κ3) is 4.22. The van der Waals surface area contributed by atoms with Crippen LogP contribution in [0.1, 0.15) is 34.8 Å². The van der Waals surface area contributed by atoms with E-state index in [4.69, 9.17) is 0 Å². The Bertz CT molecular complexity index is 914. The Morgan fingerprint density at radius 3 is 2.76 bits per heavy atom. The summed E-state index contributed by atoms with van der Waals surface area (Å²) in [5, 5.41) is 2.80. The summed E-state index contributed by atoms with van der Waals surface area (Å²) in [5.74, 6) is -0.660. The SMILES string of the molecule is C[C@]1(NC(=O)c2cncc(Cc3ccccc3F)c2)CCS(=O)(=O)C1. The van der Waals surface area contributed by atoms with Gasteiger partial charge in [-0.1, -0.05) is 18.2 Å². The van der Waals surface area contributed by atoms with Gasteiger partial charge in [-0.15, -0.1) is 0 Å². The number of aromatic nitrogens is 1. The highest BCUT2D eigenvalue weighted by Crippen LogP contribution is 2.23. The minimum atomic E-state index is -3.11. The highest BCUT2D eigenvalue weighted by molar-refractivity contribution is 7.91. The van der Waals surface area contributed by atoms with Crippen molar-refractivity contribution in [2.24, 2.45) is 0 Å². The number of carbonyl (C=O) groups is 1. The zero-order valence-corrected chi connectivity index (χ0v) is 14.6. The van der Waals surface area contributed by atoms with E-state index < -0.39 is 15.4 Å². The second-order valence-corrected chi connectivity index (χ2v) is 8.89. The molecule has 0 radical (unpaired) electrons. The molecule has 1 N–H and O–H groups in total. The van der Waals surface area contributed by atoms with Gasteiger partial charge >= 0.3 is 0 Å². The summed E-state index contributed by atoms with van der Waals surface area (Å²) in [6.45, 7) is 1.73. The molecule has 0 aliphatic carbocycles. The third-order valence-corrected chi connectivity index (χ3v) is 6.23. The summed E-state index contributed by atoms with van der Waals surface area (Å²) in [7, 11) is -3.11. The van der Waals surface area contributed by atoms with Gasteiger partial charge in [-0.05, 0) is 36.6 Å². The number of nitrogens with zero attached hydrogens (tertiary/aromatic N) is 1. The molecule has 1 atom stereocenters. The molecule has 1 aromatic heterocycles. The van der Waals surface area contributed by atoms with Crippen LogP contribution in [0.4, 0.5) is 4.39 Å². The molecule has 0 unspecified atom stereocenters. The molecule has 3 rings (SSSR count). The largest absolute Gasteiger partial charge is 0.346 e. The van der Waals surface area contributed by atoms with Gasteiger partial charge in [-0.2, -0.15) is 0 Å². The van der Waals surface area contributed by atoms with Crippen LogP contribution in [0.15, 0.2) is 42.7 Å². The average Bonchev–Trinajstić information content (AvgIpc) is 2.83. The Morgan fingerprint density at radius 2 is 2.08 bits per heavy atom. The highest BCUT2D eigenvalue weighted by Gasteiger charge is 2.39. The van der Waals surface area contributed by atoms with Gasteiger partial charge in [-0.3, -0.25) is 9.78 Å². The normalized spacial score (nSPS) is 21.8. The number of benzene rings is 1. The summed E-state index contributed by atoms with van der Waals surface area (Å²) in [4.78, 5) is 16.5. The summed E-state index contributed by atoms with van der Waals surface area (Å²) < 4.78 is 37.1. The highest BCUT2D eigenvalue weighted by atomic mass is 32.2. The number of carbonyl (C=O) groups excluding carboxylic acids is 1. The van der Waals surface area contributed by atoms with Crippen LogP contribution in [0.5, 0.6) is 0 Å². The van der Waals surface area contributed by atoms with Gasteiger partial charge in [0, 0.05) is 18.8 Å². The minimum absolute atomic E-state index is 0.0614. The maximum absolute atomic E-state index is 13.8. The zero-order valence-electron chi connectivity index (χ0n) is 13.8. The van der Waals surface area contributed by atoms with Crippen molar-refractivity contribution in [1.82, 2.24) is 10.3 Å². The van der Waals surface area contributed by atoms with E-state index in [9.17, 15) is 17.6 Å². The van der Waals surface area contributed by atoms with E-state index >= 15 is 0 Å². The molecule has 132 valence electrons. The van der Waals surface area contributed by atoms with E-state index in [1.165, 1.54) is 12.3 Å². The third-order valence-electron chi connectivity index (χ3n) is 4.33. The maximum Gasteiger partial charge on any atom is 0.253 e. The van der Waals surface area contributed by atoms with E-state index in [-0.39, 0.29) is 23.2 Å². The van der Waals surface area contributed by atoms with Gasteiger partial charge < -0.3 is 5.32 Å². The lowest BCUT2D eigenvalue weighted by Gasteiger charge is -2.23. The van der Waals surface area contributed by atoms with Crippen molar-refractivity contribution in [2.75, 3.05) is 11.5 Å². The van der Waals surface area contributed by atoms with Gasteiger partial charge in [0.2, 0.25) is 0 Å². The van der Waals surface area contributed by atoms with Gasteiger partial charge in [0.15, 0.2) is 9.84 Å². The van der Waals surface area contributed by atoms with Crippen LogP contribution in [-0.4, -0.2) is 36.4 Å². The van der Waals surface area contributed by atoms with Crippen LogP contribution in [0, 0.1) is 5.82 Å². The zero-order chi connectivity index (χ0) is 18.1. The van der Waals surface area contributed by atoms with E-state index in [1.54, 1.807) is 37.4 Å². The molecule has 2 aromatic rings. The van der Waals surface area contributed by atoms with Crippen molar-refractivity contribution in [3.63, 3.8) is 0 Å². The molecule has 1 fully saturated rings. The van der Waals surface area contributed by atoms with Crippen LogP contribution >= 0.6 is 0 Å². The topological polar surface area (TPSA) is 76.1 Å². The molecule has 25 heavy (non-hydrogen) atoms. The Balaban J connectivity index is 1.75. The number of sulfone groups is 1. The molecular formula is C18H19FN2O3S. The van der Waals surface area contributed by atoms with Crippen LogP contribution in [0.2, 0.25) is 0 Å². The van der Waals surface area contributed by atoms with E-state index in [0.29, 0.717) is 29.5 Å². The van der Waals surface area contributed by atoms with E-state index in [1.807, 2.05) is 0 Å². The van der Waals surface area contributed by atoms with Crippen molar-refractivity contribution in [1.29, 1.82) is 0 Å². The molecule has 2 heterocycles. The lowest BCUT2D eigenvalue weighted by molar-refractivity contribution is 0.0915. The molecular weight excluding hydrogens is 343 g/mol. The number of hydrogen-bond donors (Lipinski definition) is 1. The first-order chi connectivity index (χ1) is 11.8. The van der Waals surface area contributed by atoms with Crippen LogP contribution in [-0.2, 0) is 16.3 Å². The van der Waals surface area contributed by atoms with E-state index in [2.05, 4.69) is 10.3 Å². The lowest BCUT2D eigenvalue weighted by atomic mass is 10.0. The van der Waals surface area contributed by atoms with Gasteiger partial charge in [0.05, 0.1) is 22.6 Å². The second-order valence-electron chi connectivity index (χ2n) is 6.71. The Hall–Kier alpha value is -2.28. The Labute approximate surface area is 146 Å². The van der Waals surface area contributed by atoms with Crippen molar-refractivity contribution < 1.29 is 17.6 Å². The average molecular weight is 362 g/mol. The predicted molar refractivity (Wildman–Crippen MR) is 92.6 cm³/mol. The number of hydrogen-bond acceptors (Lipinski definition) is 4.